The third-order valence-electron chi connectivity index (χ3n) is 3.59. The lowest BCUT2D eigenvalue weighted by Gasteiger charge is -2.41. The topological polar surface area (TPSA) is 75.6 Å². The molecular weight excluding hydrogens is 234 g/mol. The van der Waals surface area contributed by atoms with Crippen LogP contribution in [-0.2, 0) is 26.2 Å². The van der Waals surface area contributed by atoms with E-state index in [1.807, 2.05) is 18.2 Å². The number of rotatable bonds is 3. The highest BCUT2D eigenvalue weighted by Gasteiger charge is 2.42. The van der Waals surface area contributed by atoms with Crippen LogP contribution in [0.15, 0.2) is 18.2 Å². The smallest absolute Gasteiger partial charge is 0.304 e. The number of carboxylic acids is 1. The van der Waals surface area contributed by atoms with E-state index in [0.717, 1.165) is 16.8 Å². The molecule has 0 aromatic heterocycles. The number of ether oxygens (including phenoxy) is 1. The molecule has 2 aliphatic rings. The van der Waals surface area contributed by atoms with Crippen LogP contribution in [-0.4, -0.2) is 30.2 Å². The Morgan fingerprint density at radius 3 is 2.83 bits per heavy atom. The van der Waals surface area contributed by atoms with Crippen LogP contribution in [0.2, 0.25) is 0 Å². The van der Waals surface area contributed by atoms with Crippen LogP contribution in [0.5, 0.6) is 0 Å². The van der Waals surface area contributed by atoms with Crippen molar-refractivity contribution in [3.8, 4) is 0 Å². The van der Waals surface area contributed by atoms with Crippen molar-refractivity contribution in [2.24, 2.45) is 0 Å². The molecule has 1 saturated heterocycles. The number of aliphatic carboxylic acids is 1. The van der Waals surface area contributed by atoms with Gasteiger partial charge in [0.05, 0.1) is 31.5 Å². The van der Waals surface area contributed by atoms with Crippen LogP contribution >= 0.6 is 0 Å². The Kier molecular flexibility index (Phi) is 2.38. The first kappa shape index (κ1) is 11.2. The Bertz CT molecular complexity index is 534. The van der Waals surface area contributed by atoms with Crippen LogP contribution in [0, 0.1) is 0 Å². The molecule has 2 aliphatic heterocycles. The molecule has 0 radical (unpaired) electrons. The minimum absolute atomic E-state index is 0.0145. The van der Waals surface area contributed by atoms with Crippen LogP contribution < -0.4 is 5.32 Å². The summed E-state index contributed by atoms with van der Waals surface area (Å²) in [5.41, 5.74) is 2.29. The lowest BCUT2D eigenvalue weighted by atomic mass is 9.75. The van der Waals surface area contributed by atoms with Crippen molar-refractivity contribution in [2.45, 2.75) is 18.3 Å². The Morgan fingerprint density at radius 2 is 2.22 bits per heavy atom. The zero-order valence-electron chi connectivity index (χ0n) is 9.73. The molecule has 1 aromatic carbocycles. The number of carbonyl (C=O) groups is 2. The van der Waals surface area contributed by atoms with Gasteiger partial charge in [-0.3, -0.25) is 9.59 Å². The fourth-order valence-corrected chi connectivity index (χ4v) is 2.57. The highest BCUT2D eigenvalue weighted by molar-refractivity contribution is 5.99. The van der Waals surface area contributed by atoms with Gasteiger partial charge in [0.25, 0.3) is 0 Å². The first-order chi connectivity index (χ1) is 8.59. The van der Waals surface area contributed by atoms with E-state index in [9.17, 15) is 9.59 Å². The largest absolute Gasteiger partial charge is 0.481 e. The van der Waals surface area contributed by atoms with Crippen molar-refractivity contribution in [1.29, 1.82) is 0 Å². The van der Waals surface area contributed by atoms with E-state index < -0.39 is 11.4 Å². The fraction of sp³-hybridized carbons (Fsp3) is 0.385. The van der Waals surface area contributed by atoms with Crippen molar-refractivity contribution in [2.75, 3.05) is 18.5 Å². The lowest BCUT2D eigenvalue weighted by Crippen LogP contribution is -2.48. The molecule has 5 nitrogen and oxygen atoms in total. The lowest BCUT2D eigenvalue weighted by molar-refractivity contribution is -0.145. The molecule has 0 atom stereocenters. The van der Waals surface area contributed by atoms with Gasteiger partial charge in [0.1, 0.15) is 0 Å². The third kappa shape index (κ3) is 1.67. The van der Waals surface area contributed by atoms with Gasteiger partial charge in [-0.25, -0.2) is 0 Å². The average Bonchev–Trinajstić information content (AvgIpc) is 2.62. The van der Waals surface area contributed by atoms with E-state index in [1.165, 1.54) is 0 Å². The summed E-state index contributed by atoms with van der Waals surface area (Å²) < 4.78 is 5.19. The summed E-state index contributed by atoms with van der Waals surface area (Å²) in [4.78, 5) is 22.2. The van der Waals surface area contributed by atoms with E-state index in [1.54, 1.807) is 0 Å². The first-order valence-electron chi connectivity index (χ1n) is 5.82. The van der Waals surface area contributed by atoms with Crippen molar-refractivity contribution in [3.63, 3.8) is 0 Å². The van der Waals surface area contributed by atoms with Crippen LogP contribution in [0.3, 0.4) is 0 Å². The highest BCUT2D eigenvalue weighted by Crippen LogP contribution is 2.38. The number of nitrogens with one attached hydrogen (secondary N) is 1. The summed E-state index contributed by atoms with van der Waals surface area (Å²) >= 11 is 0. The second-order valence-corrected chi connectivity index (χ2v) is 4.94. The fourth-order valence-electron chi connectivity index (χ4n) is 2.57. The molecule has 0 spiro atoms. The summed E-state index contributed by atoms with van der Waals surface area (Å²) in [6.07, 6.45) is 0.431. The summed E-state index contributed by atoms with van der Waals surface area (Å²) in [5, 5.41) is 11.8. The zero-order valence-corrected chi connectivity index (χ0v) is 9.73. The quantitative estimate of drug-likeness (QED) is 0.833. The van der Waals surface area contributed by atoms with Crippen LogP contribution in [0.4, 0.5) is 5.69 Å². The van der Waals surface area contributed by atoms with Gasteiger partial charge in [0, 0.05) is 5.69 Å². The van der Waals surface area contributed by atoms with Gasteiger partial charge >= 0.3 is 5.97 Å². The molecule has 1 fully saturated rings. The van der Waals surface area contributed by atoms with Gasteiger partial charge in [0.15, 0.2) is 0 Å². The predicted molar refractivity (Wildman–Crippen MR) is 63.5 cm³/mol. The second kappa shape index (κ2) is 3.81. The molecule has 0 aliphatic carbocycles. The number of amides is 1. The van der Waals surface area contributed by atoms with Gasteiger partial charge in [-0.2, -0.15) is 0 Å². The van der Waals surface area contributed by atoms with Crippen LogP contribution in [0.25, 0.3) is 0 Å². The predicted octanol–water partition coefficient (Wildman–Crippen LogP) is 0.924. The Labute approximate surface area is 104 Å². The highest BCUT2D eigenvalue weighted by atomic mass is 16.5. The number of fused-ring (bicyclic) bond motifs is 1. The first-order valence-corrected chi connectivity index (χ1v) is 5.82. The molecule has 2 N–H and O–H groups in total. The number of carbonyl (C=O) groups excluding carboxylic acids is 1. The molecule has 0 saturated carbocycles. The Morgan fingerprint density at radius 1 is 1.44 bits per heavy atom. The normalized spacial score (nSPS) is 19.9. The number of carboxylic acid groups (broad SMARTS) is 1. The molecule has 1 amide bonds. The van der Waals surface area contributed by atoms with Gasteiger partial charge in [-0.05, 0) is 17.2 Å². The SMILES string of the molecule is O=C(O)CC1(c2ccc3c(c2)CC(=O)N3)COC1. The maximum Gasteiger partial charge on any atom is 0.304 e. The van der Waals surface area contributed by atoms with E-state index in [2.05, 4.69) is 5.32 Å². The summed E-state index contributed by atoms with van der Waals surface area (Å²) in [6.45, 7) is 0.860. The molecule has 3 rings (SSSR count). The number of anilines is 1. The van der Waals surface area contributed by atoms with Crippen LogP contribution in [0.1, 0.15) is 17.5 Å². The average molecular weight is 247 g/mol. The minimum atomic E-state index is -0.826. The third-order valence-corrected chi connectivity index (χ3v) is 3.59. The monoisotopic (exact) mass is 247 g/mol. The van der Waals surface area contributed by atoms with Gasteiger partial charge in [0.2, 0.25) is 5.91 Å². The summed E-state index contributed by atoms with van der Waals surface area (Å²) in [6, 6.07) is 5.66. The molecule has 94 valence electrons. The summed E-state index contributed by atoms with van der Waals surface area (Å²) in [5.74, 6) is -0.840. The van der Waals surface area contributed by atoms with E-state index in [-0.39, 0.29) is 12.3 Å². The van der Waals surface area contributed by atoms with E-state index in [4.69, 9.17) is 9.84 Å². The number of hydrogen-bond acceptors (Lipinski definition) is 3. The molecule has 0 unspecified atom stereocenters. The standard InChI is InChI=1S/C13H13NO4/c15-11-4-8-3-9(1-2-10(8)14-11)13(5-12(16)17)6-18-7-13/h1-3H,4-7H2,(H,14,15)(H,16,17). The molecule has 2 heterocycles. The van der Waals surface area contributed by atoms with Crippen molar-refractivity contribution < 1.29 is 19.4 Å². The molecule has 1 aromatic rings. The maximum absolute atomic E-state index is 11.3. The molecule has 0 bridgehead atoms. The van der Waals surface area contributed by atoms with Crippen molar-refractivity contribution in [1.82, 2.24) is 0 Å². The number of benzene rings is 1. The summed E-state index contributed by atoms with van der Waals surface area (Å²) in [7, 11) is 0. The Hall–Kier alpha value is -1.88. The molecule has 18 heavy (non-hydrogen) atoms. The van der Waals surface area contributed by atoms with Crippen molar-refractivity contribution in [3.05, 3.63) is 29.3 Å². The minimum Gasteiger partial charge on any atom is -0.481 e. The van der Waals surface area contributed by atoms with E-state index in [0.29, 0.717) is 19.6 Å². The zero-order chi connectivity index (χ0) is 12.8. The van der Waals surface area contributed by atoms with Gasteiger partial charge in [-0.15, -0.1) is 0 Å². The molecule has 5 heteroatoms. The number of hydrogen-bond donors (Lipinski definition) is 2. The Balaban J connectivity index is 1.95. The molecular formula is C13H13NO4. The van der Waals surface area contributed by atoms with E-state index >= 15 is 0 Å². The van der Waals surface area contributed by atoms with Gasteiger partial charge in [-0.1, -0.05) is 12.1 Å². The maximum atomic E-state index is 11.3. The van der Waals surface area contributed by atoms with Gasteiger partial charge < -0.3 is 15.2 Å². The van der Waals surface area contributed by atoms with Crippen molar-refractivity contribution >= 4 is 17.6 Å². The second-order valence-electron chi connectivity index (χ2n) is 4.94.